The van der Waals surface area contributed by atoms with Crippen molar-refractivity contribution in [3.8, 4) is 0 Å². The van der Waals surface area contributed by atoms with Gasteiger partial charge in [0, 0.05) is 24.7 Å². The van der Waals surface area contributed by atoms with Gasteiger partial charge in [0.1, 0.15) is 0 Å². The van der Waals surface area contributed by atoms with E-state index in [1.54, 1.807) is 0 Å². The first kappa shape index (κ1) is 13.8. The lowest BCUT2D eigenvalue weighted by Crippen LogP contribution is -2.60. The average Bonchev–Trinajstić information content (AvgIpc) is 3.30. The highest BCUT2D eigenvalue weighted by Gasteiger charge is 2.46. The molecule has 0 aromatic carbocycles. The van der Waals surface area contributed by atoms with E-state index in [1.165, 1.54) is 71.1 Å². The van der Waals surface area contributed by atoms with Gasteiger partial charge in [0.25, 0.3) is 0 Å². The molecule has 1 saturated heterocycles. The topological polar surface area (TPSA) is 32.5 Å². The molecule has 2 saturated carbocycles. The van der Waals surface area contributed by atoms with Gasteiger partial charge in [-0.1, -0.05) is 6.92 Å². The van der Waals surface area contributed by atoms with E-state index < -0.39 is 0 Å². The summed E-state index contributed by atoms with van der Waals surface area (Å²) in [4.78, 5) is 5.49. The van der Waals surface area contributed by atoms with Gasteiger partial charge >= 0.3 is 0 Å². The third-order valence-electron chi connectivity index (χ3n) is 5.46. The minimum Gasteiger partial charge on any atom is -0.329 e. The third kappa shape index (κ3) is 3.14. The summed E-state index contributed by atoms with van der Waals surface area (Å²) in [6.45, 7) is 8.30. The van der Waals surface area contributed by atoms with Crippen molar-refractivity contribution in [3.05, 3.63) is 0 Å². The van der Waals surface area contributed by atoms with Crippen molar-refractivity contribution >= 4 is 0 Å². The van der Waals surface area contributed by atoms with Crippen LogP contribution in [-0.4, -0.2) is 54.1 Å². The number of hydrogen-bond acceptors (Lipinski definition) is 3. The van der Waals surface area contributed by atoms with E-state index in [0.29, 0.717) is 5.54 Å². The van der Waals surface area contributed by atoms with Crippen LogP contribution in [0, 0.1) is 5.92 Å². The van der Waals surface area contributed by atoms with Crippen LogP contribution in [0.25, 0.3) is 0 Å². The summed E-state index contributed by atoms with van der Waals surface area (Å²) < 4.78 is 0. The number of hydrogen-bond donors (Lipinski definition) is 1. The van der Waals surface area contributed by atoms with E-state index in [1.807, 2.05) is 0 Å². The van der Waals surface area contributed by atoms with Crippen molar-refractivity contribution in [2.75, 3.05) is 32.7 Å². The van der Waals surface area contributed by atoms with Gasteiger partial charge in [0.05, 0.1) is 0 Å². The number of nitrogens with two attached hydrogens (primary N) is 1. The summed E-state index contributed by atoms with van der Waals surface area (Å²) in [5.74, 6) is 0.998. The Labute approximate surface area is 118 Å². The normalized spacial score (nSPS) is 27.9. The maximum Gasteiger partial charge on any atom is 0.0359 e. The average molecular weight is 265 g/mol. The van der Waals surface area contributed by atoms with Crippen LogP contribution in [0.1, 0.15) is 51.9 Å². The molecular weight excluding hydrogens is 234 g/mol. The van der Waals surface area contributed by atoms with E-state index in [2.05, 4.69) is 16.7 Å². The molecule has 1 aliphatic heterocycles. The zero-order valence-electron chi connectivity index (χ0n) is 12.6. The highest BCUT2D eigenvalue weighted by Crippen LogP contribution is 2.41. The van der Waals surface area contributed by atoms with Gasteiger partial charge in [-0.3, -0.25) is 4.90 Å². The second-order valence-corrected chi connectivity index (χ2v) is 7.10. The summed E-state index contributed by atoms with van der Waals surface area (Å²) in [5.41, 5.74) is 6.60. The fourth-order valence-corrected chi connectivity index (χ4v) is 3.81. The minimum atomic E-state index is 0.341. The van der Waals surface area contributed by atoms with Crippen LogP contribution in [0.3, 0.4) is 0 Å². The van der Waals surface area contributed by atoms with Crippen LogP contribution in [0.2, 0.25) is 0 Å². The van der Waals surface area contributed by atoms with Gasteiger partial charge < -0.3 is 10.6 Å². The lowest BCUT2D eigenvalue weighted by Gasteiger charge is -2.49. The van der Waals surface area contributed by atoms with Gasteiger partial charge in [-0.05, 0) is 70.5 Å². The highest BCUT2D eigenvalue weighted by molar-refractivity contribution is 5.03. The molecule has 0 radical (unpaired) electrons. The van der Waals surface area contributed by atoms with Gasteiger partial charge in [0.15, 0.2) is 0 Å². The number of nitrogens with zero attached hydrogens (tertiary/aromatic N) is 2. The van der Waals surface area contributed by atoms with E-state index in [0.717, 1.165) is 18.5 Å². The fourth-order valence-electron chi connectivity index (χ4n) is 3.81. The molecule has 3 aliphatic rings. The molecule has 1 heterocycles. The fraction of sp³-hybridized carbons (Fsp3) is 1.00. The molecule has 19 heavy (non-hydrogen) atoms. The zero-order chi connectivity index (χ0) is 13.3. The van der Waals surface area contributed by atoms with Gasteiger partial charge in [-0.25, -0.2) is 0 Å². The van der Waals surface area contributed by atoms with Crippen molar-refractivity contribution in [2.24, 2.45) is 11.7 Å². The van der Waals surface area contributed by atoms with Gasteiger partial charge in [-0.15, -0.1) is 0 Å². The maximum atomic E-state index is 6.26. The molecule has 0 amide bonds. The van der Waals surface area contributed by atoms with Crippen LogP contribution < -0.4 is 5.73 Å². The standard InChI is InChI=1S/C16H31N3/c1-2-9-18-10-7-16(13-17,8-11-18)19(15-5-6-15)12-14-3-4-14/h14-15H,2-13,17H2,1H3. The molecule has 3 rings (SSSR count). The number of rotatable bonds is 7. The Bertz CT molecular complexity index is 288. The third-order valence-corrected chi connectivity index (χ3v) is 5.46. The molecular formula is C16H31N3. The summed E-state index contributed by atoms with van der Waals surface area (Å²) in [6, 6.07) is 0.877. The van der Waals surface area contributed by atoms with Crippen LogP contribution in [0.15, 0.2) is 0 Å². The predicted molar refractivity (Wildman–Crippen MR) is 80.2 cm³/mol. The SMILES string of the molecule is CCCN1CCC(CN)(N(CC2CC2)C2CC2)CC1. The Morgan fingerprint density at radius 1 is 1.16 bits per heavy atom. The molecule has 3 nitrogen and oxygen atoms in total. The lowest BCUT2D eigenvalue weighted by atomic mass is 9.85. The minimum absolute atomic E-state index is 0.341. The lowest BCUT2D eigenvalue weighted by molar-refractivity contribution is 0.0171. The molecule has 0 unspecified atom stereocenters. The molecule has 3 heteroatoms. The monoisotopic (exact) mass is 265 g/mol. The smallest absolute Gasteiger partial charge is 0.0359 e. The van der Waals surface area contributed by atoms with Gasteiger partial charge in [-0.2, -0.15) is 0 Å². The molecule has 0 bridgehead atoms. The van der Waals surface area contributed by atoms with Crippen LogP contribution in [0.4, 0.5) is 0 Å². The summed E-state index contributed by atoms with van der Waals surface area (Å²) >= 11 is 0. The molecule has 2 N–H and O–H groups in total. The first-order valence-electron chi connectivity index (χ1n) is 8.46. The largest absolute Gasteiger partial charge is 0.329 e. The van der Waals surface area contributed by atoms with Crippen LogP contribution >= 0.6 is 0 Å². The van der Waals surface area contributed by atoms with Crippen molar-refractivity contribution in [2.45, 2.75) is 63.5 Å². The van der Waals surface area contributed by atoms with Crippen LogP contribution in [0.5, 0.6) is 0 Å². The Balaban J connectivity index is 1.63. The van der Waals surface area contributed by atoms with E-state index in [4.69, 9.17) is 5.73 Å². The maximum absolute atomic E-state index is 6.26. The number of piperidine rings is 1. The molecule has 0 atom stereocenters. The Hall–Kier alpha value is -0.120. The first-order valence-corrected chi connectivity index (χ1v) is 8.46. The second kappa shape index (κ2) is 5.71. The van der Waals surface area contributed by atoms with E-state index >= 15 is 0 Å². The van der Waals surface area contributed by atoms with Crippen molar-refractivity contribution in [1.82, 2.24) is 9.80 Å². The number of likely N-dealkylation sites (tertiary alicyclic amines) is 1. The Morgan fingerprint density at radius 2 is 1.84 bits per heavy atom. The zero-order valence-corrected chi connectivity index (χ0v) is 12.6. The first-order chi connectivity index (χ1) is 9.27. The highest BCUT2D eigenvalue weighted by atomic mass is 15.3. The van der Waals surface area contributed by atoms with E-state index in [9.17, 15) is 0 Å². The second-order valence-electron chi connectivity index (χ2n) is 7.10. The van der Waals surface area contributed by atoms with Crippen molar-refractivity contribution in [1.29, 1.82) is 0 Å². The van der Waals surface area contributed by atoms with Crippen LogP contribution in [-0.2, 0) is 0 Å². The van der Waals surface area contributed by atoms with E-state index in [-0.39, 0.29) is 0 Å². The molecule has 0 spiro atoms. The van der Waals surface area contributed by atoms with Gasteiger partial charge in [0.2, 0.25) is 0 Å². The van der Waals surface area contributed by atoms with Crippen molar-refractivity contribution in [3.63, 3.8) is 0 Å². The molecule has 3 fully saturated rings. The predicted octanol–water partition coefficient (Wildman–Crippen LogP) is 2.06. The molecule has 0 aromatic heterocycles. The quantitative estimate of drug-likeness (QED) is 0.765. The molecule has 110 valence electrons. The van der Waals surface area contributed by atoms with Crippen molar-refractivity contribution < 1.29 is 0 Å². The Morgan fingerprint density at radius 3 is 2.32 bits per heavy atom. The summed E-state index contributed by atoms with van der Waals surface area (Å²) in [6.07, 6.45) is 9.65. The Kier molecular flexibility index (Phi) is 4.16. The summed E-state index contributed by atoms with van der Waals surface area (Å²) in [5, 5.41) is 0. The molecule has 2 aliphatic carbocycles. The summed E-state index contributed by atoms with van der Waals surface area (Å²) in [7, 11) is 0. The molecule has 0 aromatic rings.